The van der Waals surface area contributed by atoms with E-state index in [1.807, 2.05) is 0 Å². The molecule has 0 fully saturated rings. The van der Waals surface area contributed by atoms with Crippen LogP contribution < -0.4 is 4.74 Å². The van der Waals surface area contributed by atoms with Crippen LogP contribution >= 0.6 is 15.9 Å². The molecule has 0 aromatic carbocycles. The minimum absolute atomic E-state index is 0.0363. The Hall–Kier alpha value is -0.640. The zero-order valence-corrected chi connectivity index (χ0v) is 6.27. The molecule has 9 heavy (non-hydrogen) atoms. The van der Waals surface area contributed by atoms with Gasteiger partial charge in [-0.3, -0.25) is 0 Å². The van der Waals surface area contributed by atoms with E-state index in [0.29, 0.717) is 0 Å². The first-order valence-corrected chi connectivity index (χ1v) is 2.99. The van der Waals surface area contributed by atoms with Crippen molar-refractivity contribution in [2.75, 3.05) is 7.11 Å². The van der Waals surface area contributed by atoms with Crippen LogP contribution in [0.3, 0.4) is 0 Å². The van der Waals surface area contributed by atoms with Crippen molar-refractivity contribution in [2.45, 2.75) is 0 Å². The molecule has 0 atom stereocenters. The first-order valence-electron chi connectivity index (χ1n) is 3.20. The van der Waals surface area contributed by atoms with Gasteiger partial charge >= 0.3 is 6.01 Å². The largest absolute Gasteiger partial charge is 0.467 e. The Kier molecular flexibility index (Phi) is 1.30. The lowest BCUT2D eigenvalue weighted by Crippen LogP contribution is -1.89. The van der Waals surface area contributed by atoms with Gasteiger partial charge in [0.25, 0.3) is 0 Å². The molecule has 0 aliphatic carbocycles. The molecular formula is C5H5BrN2O. The van der Waals surface area contributed by atoms with Gasteiger partial charge in [0.1, 0.15) is 4.60 Å². The van der Waals surface area contributed by atoms with E-state index in [-0.39, 0.29) is 22.8 Å². The summed E-state index contributed by atoms with van der Waals surface area (Å²) in [5, 5.41) is 0. The summed E-state index contributed by atoms with van der Waals surface area (Å²) < 4.78 is 19.3. The molecule has 0 saturated carbocycles. The number of methoxy groups -OCH3 is 1. The molecule has 3 nitrogen and oxygen atoms in total. The Balaban J connectivity index is 3.21. The van der Waals surface area contributed by atoms with Crippen LogP contribution in [0, 0.1) is 0 Å². The van der Waals surface area contributed by atoms with Crippen LogP contribution in [0.5, 0.6) is 6.01 Å². The predicted molar refractivity (Wildman–Crippen MR) is 36.3 cm³/mol. The molecule has 1 rings (SSSR count). The van der Waals surface area contributed by atoms with Gasteiger partial charge in [0, 0.05) is 6.17 Å². The lowest BCUT2D eigenvalue weighted by Gasteiger charge is -1.94. The monoisotopic (exact) mass is 190 g/mol. The molecule has 1 heterocycles. The number of hydrogen-bond donors (Lipinski definition) is 0. The second-order valence-electron chi connectivity index (χ2n) is 1.24. The summed E-state index contributed by atoms with van der Waals surface area (Å²) in [6, 6.07) is 0.0590. The number of halogens is 1. The third-order valence-corrected chi connectivity index (χ3v) is 1.06. The maximum absolute atomic E-state index is 7.20. The highest BCUT2D eigenvalue weighted by Crippen LogP contribution is 2.07. The van der Waals surface area contributed by atoms with Crippen LogP contribution in [0.15, 0.2) is 16.8 Å². The zero-order valence-electron chi connectivity index (χ0n) is 6.68. The maximum atomic E-state index is 7.20. The van der Waals surface area contributed by atoms with Crippen molar-refractivity contribution in [1.82, 2.24) is 9.97 Å². The highest BCUT2D eigenvalue weighted by molar-refractivity contribution is 9.10. The quantitative estimate of drug-likeness (QED) is 0.626. The second-order valence-corrected chi connectivity index (χ2v) is 1.99. The zero-order chi connectivity index (χ0) is 8.43. The third-order valence-electron chi connectivity index (χ3n) is 0.687. The van der Waals surface area contributed by atoms with Crippen LogP contribution in [0.1, 0.15) is 2.74 Å². The Morgan fingerprint density at radius 1 is 1.89 bits per heavy atom. The normalized spacial score (nSPS) is 12.2. The fourth-order valence-electron chi connectivity index (χ4n) is 0.350. The molecule has 0 aliphatic heterocycles. The molecule has 1 aromatic rings. The highest BCUT2D eigenvalue weighted by Gasteiger charge is 1.91. The van der Waals surface area contributed by atoms with Crippen LogP contribution in [-0.2, 0) is 0 Å². The van der Waals surface area contributed by atoms with Gasteiger partial charge in [-0.25, -0.2) is 4.98 Å². The number of hydrogen-bond acceptors (Lipinski definition) is 3. The van der Waals surface area contributed by atoms with E-state index in [0.717, 1.165) is 0 Å². The summed E-state index contributed by atoms with van der Waals surface area (Å²) >= 11 is 3.00. The summed E-state index contributed by atoms with van der Waals surface area (Å²) in [4.78, 5) is 7.30. The van der Waals surface area contributed by atoms with Crippen LogP contribution in [0.25, 0.3) is 0 Å². The van der Waals surface area contributed by atoms with Crippen LogP contribution in [-0.4, -0.2) is 17.1 Å². The van der Waals surface area contributed by atoms with Gasteiger partial charge in [-0.15, -0.1) is 0 Å². The van der Waals surface area contributed by atoms with Crippen molar-refractivity contribution >= 4 is 15.9 Å². The summed E-state index contributed by atoms with van der Waals surface area (Å²) in [5.74, 6) is 0. The Morgan fingerprint density at radius 3 is 3.22 bits per heavy atom. The molecule has 48 valence electrons. The molecule has 0 saturated heterocycles. The lowest BCUT2D eigenvalue weighted by atomic mass is 10.7. The number of rotatable bonds is 1. The molecule has 0 unspecified atom stereocenters. The van der Waals surface area contributed by atoms with Crippen molar-refractivity contribution in [3.8, 4) is 6.01 Å². The third kappa shape index (κ3) is 1.64. The van der Waals surface area contributed by atoms with Crippen molar-refractivity contribution in [3.63, 3.8) is 0 Å². The minimum atomic E-state index is -0.149. The summed E-state index contributed by atoms with van der Waals surface area (Å²) in [6.45, 7) is 0. The number of nitrogens with zero attached hydrogens (tertiary/aromatic N) is 2. The standard InChI is InChI=1S/C5H5BrN2O/c1-9-5-7-3-2-4(6)8-5/h2-3H,1H3/i2D,3D. The average Bonchev–Trinajstić information content (AvgIpc) is 1.99. The molecule has 0 radical (unpaired) electrons. The van der Waals surface area contributed by atoms with E-state index in [1.165, 1.54) is 7.11 Å². The smallest absolute Gasteiger partial charge is 0.317 e. The molecule has 0 N–H and O–H groups in total. The van der Waals surface area contributed by atoms with Gasteiger partial charge in [-0.2, -0.15) is 4.98 Å². The van der Waals surface area contributed by atoms with Crippen LogP contribution in [0.4, 0.5) is 0 Å². The Morgan fingerprint density at radius 2 is 2.67 bits per heavy atom. The number of ether oxygens (including phenoxy) is 1. The average molecular weight is 191 g/mol. The van der Waals surface area contributed by atoms with Gasteiger partial charge in [-0.05, 0) is 22.0 Å². The van der Waals surface area contributed by atoms with Gasteiger partial charge in [0.05, 0.1) is 9.85 Å². The topological polar surface area (TPSA) is 35.0 Å². The number of aromatic nitrogens is 2. The molecule has 0 amide bonds. The van der Waals surface area contributed by atoms with Crippen molar-refractivity contribution < 1.29 is 7.48 Å². The van der Waals surface area contributed by atoms with Crippen molar-refractivity contribution in [3.05, 3.63) is 16.8 Å². The molecule has 4 heteroatoms. The SMILES string of the molecule is [2H]c1nc(OC)nc(Br)c1[2H]. The van der Waals surface area contributed by atoms with Crippen LogP contribution in [0.2, 0.25) is 0 Å². The van der Waals surface area contributed by atoms with Crippen molar-refractivity contribution in [2.24, 2.45) is 0 Å². The summed E-state index contributed by atoms with van der Waals surface area (Å²) in [6.07, 6.45) is -0.149. The van der Waals surface area contributed by atoms with E-state index in [2.05, 4.69) is 30.6 Å². The summed E-state index contributed by atoms with van der Waals surface area (Å²) in [7, 11) is 1.41. The van der Waals surface area contributed by atoms with E-state index in [1.54, 1.807) is 0 Å². The maximum Gasteiger partial charge on any atom is 0.317 e. The lowest BCUT2D eigenvalue weighted by molar-refractivity contribution is 0.379. The van der Waals surface area contributed by atoms with E-state index in [9.17, 15) is 0 Å². The highest BCUT2D eigenvalue weighted by atomic mass is 79.9. The van der Waals surface area contributed by atoms with Gasteiger partial charge in [0.15, 0.2) is 0 Å². The predicted octanol–water partition coefficient (Wildman–Crippen LogP) is 1.25. The molecule has 1 aromatic heterocycles. The summed E-state index contributed by atoms with van der Waals surface area (Å²) in [5.41, 5.74) is 0. The first-order chi connectivity index (χ1) is 5.15. The van der Waals surface area contributed by atoms with Gasteiger partial charge in [-0.1, -0.05) is 0 Å². The molecule has 0 bridgehead atoms. The minimum Gasteiger partial charge on any atom is -0.467 e. The Labute approximate surface area is 64.0 Å². The Bertz CT molecular complexity index is 258. The first kappa shape index (κ1) is 4.22. The fraction of sp³-hybridized carbons (Fsp3) is 0.200. The van der Waals surface area contributed by atoms with Gasteiger partial charge in [0.2, 0.25) is 0 Å². The van der Waals surface area contributed by atoms with Crippen molar-refractivity contribution in [1.29, 1.82) is 0 Å². The van der Waals surface area contributed by atoms with E-state index >= 15 is 0 Å². The molecule has 0 aliphatic rings. The van der Waals surface area contributed by atoms with E-state index in [4.69, 9.17) is 2.74 Å². The van der Waals surface area contributed by atoms with Gasteiger partial charge < -0.3 is 4.74 Å². The fourth-order valence-corrected chi connectivity index (χ4v) is 0.590. The second kappa shape index (κ2) is 2.77. The molecule has 0 spiro atoms. The molecular weight excluding hydrogens is 184 g/mol. The van der Waals surface area contributed by atoms with E-state index < -0.39 is 0 Å².